The van der Waals surface area contributed by atoms with Gasteiger partial charge >= 0.3 is 6.18 Å². The van der Waals surface area contributed by atoms with E-state index in [1.54, 1.807) is 30.3 Å². The molecule has 1 saturated heterocycles. The van der Waals surface area contributed by atoms with Crippen molar-refractivity contribution >= 4 is 44.6 Å². The summed E-state index contributed by atoms with van der Waals surface area (Å²) < 4.78 is 68.4. The SMILES string of the molecule is O=S(=O)(Nc1cc(-c2ccc(Cl)c(Cl)c2)ccc1N1CCNCC1)c1ccc(-c2ccc(C(F)(F)F)cc2)cc1. The molecule has 2 N–H and O–H groups in total. The molecule has 5 nitrogen and oxygen atoms in total. The number of rotatable bonds is 6. The lowest BCUT2D eigenvalue weighted by atomic mass is 10.0. The van der Waals surface area contributed by atoms with Gasteiger partial charge < -0.3 is 10.2 Å². The number of nitrogens with zero attached hydrogens (tertiary/aromatic N) is 1. The number of sulfonamides is 1. The maximum absolute atomic E-state index is 13.5. The first-order valence-corrected chi connectivity index (χ1v) is 14.6. The van der Waals surface area contributed by atoms with Gasteiger partial charge in [-0.25, -0.2) is 8.42 Å². The summed E-state index contributed by atoms with van der Waals surface area (Å²) in [5, 5.41) is 4.10. The zero-order valence-electron chi connectivity index (χ0n) is 21.0. The van der Waals surface area contributed by atoms with Gasteiger partial charge in [0.25, 0.3) is 10.0 Å². The fourth-order valence-electron chi connectivity index (χ4n) is 4.54. The number of nitrogens with one attached hydrogen (secondary N) is 2. The third kappa shape index (κ3) is 6.23. The minimum atomic E-state index is -4.43. The number of anilines is 2. The Morgan fingerprint density at radius 1 is 0.725 bits per heavy atom. The second kappa shape index (κ2) is 11.3. The summed E-state index contributed by atoms with van der Waals surface area (Å²) in [6.45, 7) is 2.96. The largest absolute Gasteiger partial charge is 0.416 e. The predicted molar refractivity (Wildman–Crippen MR) is 155 cm³/mol. The zero-order chi connectivity index (χ0) is 28.5. The van der Waals surface area contributed by atoms with Crippen molar-refractivity contribution in [2.75, 3.05) is 35.8 Å². The highest BCUT2D eigenvalue weighted by atomic mass is 35.5. The van der Waals surface area contributed by atoms with Crippen LogP contribution in [0.15, 0.2) is 89.8 Å². The highest BCUT2D eigenvalue weighted by molar-refractivity contribution is 7.92. The topological polar surface area (TPSA) is 61.4 Å². The van der Waals surface area contributed by atoms with E-state index in [9.17, 15) is 21.6 Å². The highest BCUT2D eigenvalue weighted by Gasteiger charge is 2.30. The summed E-state index contributed by atoms with van der Waals surface area (Å²) in [5.41, 5.74) is 3.09. The molecule has 0 unspecified atom stereocenters. The number of hydrogen-bond acceptors (Lipinski definition) is 4. The van der Waals surface area contributed by atoms with E-state index in [1.807, 2.05) is 18.2 Å². The van der Waals surface area contributed by atoms with E-state index in [1.165, 1.54) is 24.3 Å². The average Bonchev–Trinajstić information content (AvgIpc) is 2.94. The van der Waals surface area contributed by atoms with E-state index in [2.05, 4.69) is 14.9 Å². The second-order valence-electron chi connectivity index (χ2n) is 9.30. The first-order chi connectivity index (χ1) is 19.0. The van der Waals surface area contributed by atoms with Gasteiger partial charge in [0, 0.05) is 26.2 Å². The van der Waals surface area contributed by atoms with Crippen molar-refractivity contribution in [1.29, 1.82) is 0 Å². The number of piperazine rings is 1. The lowest BCUT2D eigenvalue weighted by Gasteiger charge is -2.31. The summed E-state index contributed by atoms with van der Waals surface area (Å²) in [7, 11) is -4.00. The molecule has 1 aliphatic rings. The van der Waals surface area contributed by atoms with Gasteiger partial charge in [-0.1, -0.05) is 59.6 Å². The Bertz CT molecular complexity index is 1620. The molecular formula is C29H24Cl2F3N3O2S. The highest BCUT2D eigenvalue weighted by Crippen LogP contribution is 2.36. The molecule has 1 heterocycles. The number of benzene rings is 4. The predicted octanol–water partition coefficient (Wildman–Crippen LogP) is 7.56. The van der Waals surface area contributed by atoms with Crippen LogP contribution >= 0.6 is 23.2 Å². The van der Waals surface area contributed by atoms with Gasteiger partial charge in [-0.3, -0.25) is 4.72 Å². The van der Waals surface area contributed by atoms with Crippen molar-refractivity contribution < 1.29 is 21.6 Å². The summed E-state index contributed by atoms with van der Waals surface area (Å²) in [6.07, 6.45) is -4.43. The number of halogens is 5. The van der Waals surface area contributed by atoms with Gasteiger partial charge in [-0.05, 0) is 70.8 Å². The van der Waals surface area contributed by atoms with Crippen molar-refractivity contribution in [3.8, 4) is 22.3 Å². The monoisotopic (exact) mass is 605 g/mol. The molecule has 1 aliphatic heterocycles. The van der Waals surface area contributed by atoms with Crippen LogP contribution in [0.3, 0.4) is 0 Å². The van der Waals surface area contributed by atoms with Crippen LogP contribution in [0.25, 0.3) is 22.3 Å². The van der Waals surface area contributed by atoms with Crippen LogP contribution < -0.4 is 14.9 Å². The van der Waals surface area contributed by atoms with Crippen LogP contribution in [0.1, 0.15) is 5.56 Å². The van der Waals surface area contributed by atoms with E-state index in [4.69, 9.17) is 23.2 Å². The Balaban J connectivity index is 1.45. The Kier molecular flexibility index (Phi) is 8.01. The molecule has 40 heavy (non-hydrogen) atoms. The summed E-state index contributed by atoms with van der Waals surface area (Å²) >= 11 is 12.3. The van der Waals surface area contributed by atoms with Crippen molar-refractivity contribution in [1.82, 2.24) is 5.32 Å². The Hall–Kier alpha value is -3.24. The minimum Gasteiger partial charge on any atom is -0.367 e. The van der Waals surface area contributed by atoms with Crippen LogP contribution in [0.5, 0.6) is 0 Å². The lowest BCUT2D eigenvalue weighted by molar-refractivity contribution is -0.137. The Morgan fingerprint density at radius 3 is 1.88 bits per heavy atom. The normalized spacial score (nSPS) is 14.3. The fraction of sp³-hybridized carbons (Fsp3) is 0.172. The van der Waals surface area contributed by atoms with E-state index in [-0.39, 0.29) is 4.90 Å². The first kappa shape index (κ1) is 28.3. The molecule has 208 valence electrons. The molecule has 0 radical (unpaired) electrons. The molecule has 0 aromatic heterocycles. The quantitative estimate of drug-likeness (QED) is 0.238. The second-order valence-corrected chi connectivity index (χ2v) is 11.8. The molecule has 0 atom stereocenters. The lowest BCUT2D eigenvalue weighted by Crippen LogP contribution is -2.43. The van der Waals surface area contributed by atoms with Crippen molar-refractivity contribution in [2.45, 2.75) is 11.1 Å². The smallest absolute Gasteiger partial charge is 0.367 e. The van der Waals surface area contributed by atoms with Crippen molar-refractivity contribution in [2.24, 2.45) is 0 Å². The standard InChI is InChI=1S/C29H24Cl2F3N3O2S/c30-25-11-5-21(17-26(25)31)22-6-12-28(37-15-13-35-14-16-37)27(18-22)36-40(38,39)24-9-3-20(4-10-24)19-1-7-23(8-2-19)29(32,33)34/h1-12,17-18,35-36H,13-16H2. The molecule has 5 rings (SSSR count). The summed E-state index contributed by atoms with van der Waals surface area (Å²) in [5.74, 6) is 0. The summed E-state index contributed by atoms with van der Waals surface area (Å²) in [6, 6.07) is 21.5. The van der Waals surface area contributed by atoms with Crippen molar-refractivity contribution in [3.63, 3.8) is 0 Å². The molecule has 4 aromatic carbocycles. The van der Waals surface area contributed by atoms with Crippen molar-refractivity contribution in [3.05, 3.63) is 101 Å². The van der Waals surface area contributed by atoms with E-state index in [0.717, 1.165) is 42.0 Å². The van der Waals surface area contributed by atoms with Crippen LogP contribution in [-0.4, -0.2) is 34.6 Å². The average molecular weight is 606 g/mol. The molecule has 0 amide bonds. The van der Waals surface area contributed by atoms with Gasteiger partial charge in [0.2, 0.25) is 0 Å². The molecule has 0 spiro atoms. The van der Waals surface area contributed by atoms with E-state index < -0.39 is 21.8 Å². The first-order valence-electron chi connectivity index (χ1n) is 12.4. The fourth-order valence-corrected chi connectivity index (χ4v) is 5.90. The maximum atomic E-state index is 13.5. The zero-order valence-corrected chi connectivity index (χ0v) is 23.3. The van der Waals surface area contributed by atoms with Gasteiger partial charge in [-0.2, -0.15) is 13.2 Å². The van der Waals surface area contributed by atoms with Gasteiger partial charge in [-0.15, -0.1) is 0 Å². The molecule has 0 bridgehead atoms. The molecule has 0 aliphatic carbocycles. The molecular weight excluding hydrogens is 582 g/mol. The Morgan fingerprint density at radius 2 is 1.27 bits per heavy atom. The molecule has 11 heteroatoms. The van der Waals surface area contributed by atoms with E-state index >= 15 is 0 Å². The van der Waals surface area contributed by atoms with Crippen LogP contribution in [0.4, 0.5) is 24.5 Å². The van der Waals surface area contributed by atoms with Gasteiger partial charge in [0.1, 0.15) is 0 Å². The molecule has 1 fully saturated rings. The maximum Gasteiger partial charge on any atom is 0.416 e. The third-order valence-corrected chi connectivity index (χ3v) is 8.78. The van der Waals surface area contributed by atoms with E-state index in [0.29, 0.717) is 39.9 Å². The number of alkyl halides is 3. The molecule has 0 saturated carbocycles. The Labute approximate surface area is 240 Å². The van der Waals surface area contributed by atoms with Crippen LogP contribution in [0.2, 0.25) is 10.0 Å². The molecule has 4 aromatic rings. The van der Waals surface area contributed by atoms with Gasteiger partial charge in [0.05, 0.1) is 31.9 Å². The van der Waals surface area contributed by atoms with Crippen LogP contribution in [-0.2, 0) is 16.2 Å². The summed E-state index contributed by atoms with van der Waals surface area (Å²) in [4.78, 5) is 2.13. The van der Waals surface area contributed by atoms with Crippen LogP contribution in [0, 0.1) is 0 Å². The minimum absolute atomic E-state index is 0.0226. The number of hydrogen-bond donors (Lipinski definition) is 2. The third-order valence-electron chi connectivity index (χ3n) is 6.66. The van der Waals surface area contributed by atoms with Gasteiger partial charge in [0.15, 0.2) is 0 Å².